The van der Waals surface area contributed by atoms with Crippen LogP contribution in [0.4, 0.5) is 5.69 Å². The molecule has 15 heteroatoms. The molecule has 4 aliphatic heterocycles. The molecule has 1 saturated heterocycles. The minimum absolute atomic E-state index is 0.0375. The molecule has 2 aromatic rings. The molecule has 1 amide bonds. The summed E-state index contributed by atoms with van der Waals surface area (Å²) in [6.45, 7) is 17.3. The van der Waals surface area contributed by atoms with Gasteiger partial charge in [0.25, 0.3) is 11.7 Å². The number of rotatable bonds is 4. The molecule has 4 heterocycles. The van der Waals surface area contributed by atoms with E-state index in [9.17, 15) is 34.8 Å². The van der Waals surface area contributed by atoms with Gasteiger partial charge in [0, 0.05) is 87.1 Å². The molecule has 60 heavy (non-hydrogen) atoms. The molecule has 0 aliphatic carbocycles. The van der Waals surface area contributed by atoms with Crippen molar-refractivity contribution < 1.29 is 53.8 Å². The van der Waals surface area contributed by atoms with Gasteiger partial charge in [0.15, 0.2) is 11.4 Å². The number of ketones is 1. The summed E-state index contributed by atoms with van der Waals surface area (Å²) in [7, 11) is 1.47. The van der Waals surface area contributed by atoms with Gasteiger partial charge in [-0.2, -0.15) is 0 Å². The number of benzene rings is 2. The van der Waals surface area contributed by atoms with Crippen molar-refractivity contribution >= 4 is 34.1 Å². The molecule has 1 spiro atoms. The lowest BCUT2D eigenvalue weighted by atomic mass is 9.78. The molecule has 6 rings (SSSR count). The number of aliphatic hydroxyl groups is 2. The van der Waals surface area contributed by atoms with Gasteiger partial charge in [-0.25, -0.2) is 0 Å². The van der Waals surface area contributed by atoms with Crippen molar-refractivity contribution in [2.24, 2.45) is 33.7 Å². The Morgan fingerprint density at radius 2 is 1.63 bits per heavy atom. The highest BCUT2D eigenvalue weighted by molar-refractivity contribution is 6.19. The van der Waals surface area contributed by atoms with Gasteiger partial charge in [-0.05, 0) is 32.9 Å². The van der Waals surface area contributed by atoms with Crippen LogP contribution < -0.4 is 20.8 Å². The monoisotopic (exact) mass is 832 g/mol. The summed E-state index contributed by atoms with van der Waals surface area (Å²) in [6.07, 6.45) is 6.04. The molecule has 0 aromatic heterocycles. The number of nitrogens with one attached hydrogen (secondary N) is 1. The van der Waals surface area contributed by atoms with Crippen molar-refractivity contribution in [2.75, 3.05) is 32.1 Å². The molecule has 0 saturated carbocycles. The number of carbonyl (C=O) groups is 3. The maximum absolute atomic E-state index is 14.7. The van der Waals surface area contributed by atoms with Crippen LogP contribution in [0.3, 0.4) is 0 Å². The van der Waals surface area contributed by atoms with Crippen LogP contribution in [-0.2, 0) is 23.8 Å². The zero-order valence-corrected chi connectivity index (χ0v) is 36.2. The first-order valence-electron chi connectivity index (χ1n) is 20.9. The van der Waals surface area contributed by atoms with E-state index in [2.05, 4.69) is 17.1 Å². The first-order valence-corrected chi connectivity index (χ1v) is 20.9. The van der Waals surface area contributed by atoms with Crippen LogP contribution in [0, 0.1) is 30.6 Å². The molecule has 1 fully saturated rings. The lowest BCUT2D eigenvalue weighted by Gasteiger charge is -2.38. The number of aromatic hydroxyl groups is 2. The fourth-order valence-electron chi connectivity index (χ4n) is 9.04. The molecule has 0 radical (unpaired) electrons. The quantitative estimate of drug-likeness (QED) is 0.213. The molecule has 5 N–H and O–H groups in total. The number of esters is 1. The van der Waals surface area contributed by atoms with E-state index in [1.807, 2.05) is 0 Å². The Kier molecular flexibility index (Phi) is 12.9. The van der Waals surface area contributed by atoms with Crippen molar-refractivity contribution in [1.29, 1.82) is 0 Å². The molecule has 326 valence electrons. The van der Waals surface area contributed by atoms with Crippen molar-refractivity contribution in [3.63, 3.8) is 0 Å². The third-order valence-electron chi connectivity index (χ3n) is 12.8. The van der Waals surface area contributed by atoms with E-state index < -0.39 is 82.9 Å². The van der Waals surface area contributed by atoms with Crippen LogP contribution in [-0.4, -0.2) is 106 Å². The van der Waals surface area contributed by atoms with Crippen molar-refractivity contribution in [2.45, 2.75) is 117 Å². The summed E-state index contributed by atoms with van der Waals surface area (Å²) in [5.41, 5.74) is -0.557. The molecule has 15 nitrogen and oxygen atoms in total. The van der Waals surface area contributed by atoms with Gasteiger partial charge >= 0.3 is 11.8 Å². The van der Waals surface area contributed by atoms with Crippen molar-refractivity contribution in [3.05, 3.63) is 58.0 Å². The van der Waals surface area contributed by atoms with Crippen LogP contribution >= 0.6 is 0 Å². The number of Topliss-reactive ketones (excluding diaryl/α,β-unsaturated/α-hetero) is 1. The highest BCUT2D eigenvalue weighted by Crippen LogP contribution is 2.50. The van der Waals surface area contributed by atoms with E-state index in [0.29, 0.717) is 25.9 Å². The van der Waals surface area contributed by atoms with Gasteiger partial charge in [-0.3, -0.25) is 24.4 Å². The van der Waals surface area contributed by atoms with Gasteiger partial charge in [-0.1, -0.05) is 52.8 Å². The maximum atomic E-state index is 14.7. The van der Waals surface area contributed by atoms with Gasteiger partial charge in [0.2, 0.25) is 0 Å². The highest BCUT2D eigenvalue weighted by Gasteiger charge is 2.50. The Balaban J connectivity index is 1.54. The topological polar surface area (TPSA) is 209 Å². The number of phenols is 2. The van der Waals surface area contributed by atoms with E-state index in [-0.39, 0.29) is 55.4 Å². The van der Waals surface area contributed by atoms with E-state index in [4.69, 9.17) is 28.9 Å². The number of allylic oxidation sites excluding steroid dienone is 2. The highest BCUT2D eigenvalue weighted by atomic mass is 16.7. The number of hydrogen-bond acceptors (Lipinski definition) is 14. The summed E-state index contributed by atoms with van der Waals surface area (Å²) < 4.78 is 24.0. The Morgan fingerprint density at radius 1 is 0.967 bits per heavy atom. The smallest absolute Gasteiger partial charge is 0.312 e. The molecule has 9 atom stereocenters. The molecule has 4 bridgehead atoms. The number of hydrogen-bond donors (Lipinski definition) is 5. The number of carbonyl (C=O) groups excluding carboxylic acids is 3. The van der Waals surface area contributed by atoms with Gasteiger partial charge in [0.1, 0.15) is 28.6 Å². The molecule has 0 unspecified atom stereocenters. The fraction of sp³-hybridized carbons (Fsp3) is 0.578. The predicted molar refractivity (Wildman–Crippen MR) is 223 cm³/mol. The maximum Gasteiger partial charge on any atom is 0.312 e. The van der Waals surface area contributed by atoms with E-state index in [0.717, 1.165) is 13.0 Å². The number of anilines is 1. The van der Waals surface area contributed by atoms with Crippen molar-refractivity contribution in [1.82, 2.24) is 4.90 Å². The second kappa shape index (κ2) is 17.3. The third-order valence-corrected chi connectivity index (χ3v) is 12.8. The average molecular weight is 833 g/mol. The van der Waals surface area contributed by atoms with Crippen LogP contribution in [0.15, 0.2) is 46.1 Å². The van der Waals surface area contributed by atoms with Gasteiger partial charge in [0.05, 0.1) is 40.9 Å². The van der Waals surface area contributed by atoms with Gasteiger partial charge < -0.3 is 49.6 Å². The number of phenolic OH excluding ortho intramolecular Hbond substituents is 2. The largest absolute Gasteiger partial charge is 0.507 e. The molecular formula is C45H60N4O11. The Labute approximate surface area is 350 Å². The normalized spacial score (nSPS) is 32.9. The van der Waals surface area contributed by atoms with Crippen LogP contribution in [0.5, 0.6) is 17.2 Å². The first-order chi connectivity index (χ1) is 28.3. The predicted octanol–water partition coefficient (Wildman–Crippen LogP) is 4.50. The summed E-state index contributed by atoms with van der Waals surface area (Å²) in [5, 5.41) is 50.1. The standard InChI is InChI=1S/C45H60N4O11/c1-11-18-49-19-16-45(17-20-49)47-33-30-31-38(53)27(7)41-32(30)42(55)44(9,60-41)58-21-15-29(57-10)24(4)40(59-28(8)50)26(6)37(52)25(5)36(51)22(2)13-12-14-23(3)43(56)46-35(39(31)54)34(33)48-45/h12-15,21-22,24-26,29,36-37,40,51-54H,11,16-20H2,1-10H3,(H,46,56)/b13-12-,21-15-,23-14+/t22-,24-,25+,26+,29-,36-,37+,40-,44-/m0/s1. The second-order valence-corrected chi connectivity index (χ2v) is 17.1. The Hall–Kier alpha value is -4.83. The number of aliphatic hydroxyl groups excluding tert-OH is 2. The minimum atomic E-state index is -1.95. The molecule has 4 aliphatic rings. The summed E-state index contributed by atoms with van der Waals surface area (Å²) in [6, 6.07) is 0. The van der Waals surface area contributed by atoms with Gasteiger partial charge in [-0.15, -0.1) is 0 Å². The summed E-state index contributed by atoms with van der Waals surface area (Å²) >= 11 is 0. The number of piperidine rings is 1. The summed E-state index contributed by atoms with van der Waals surface area (Å²) in [5.74, 6) is -6.89. The minimum Gasteiger partial charge on any atom is -0.507 e. The number of nitrogens with zero attached hydrogens (tertiary/aromatic N) is 3. The molecule has 2 aromatic carbocycles. The third kappa shape index (κ3) is 8.04. The number of likely N-dealkylation sites (tertiary alicyclic amines) is 1. The average Bonchev–Trinajstić information content (AvgIpc) is 3.71. The van der Waals surface area contributed by atoms with E-state index >= 15 is 0 Å². The SMILES string of the molecule is CCCN1CCC2(CC1)N=c1c3c(O)c4c(O)c(C)c5c(c4c1=N2)C(=O)[C@@](C)(O/C=C\[C@H](OC)[C@H](C)[C@H](OC(C)=O)[C@H](C)[C@H](O)[C@H](C)[C@@H](O)[C@@H](C)/C=C\C=C(/C)C(=O)N3)O5. The Bertz CT molecular complexity index is 2260. The number of amides is 1. The number of fused-ring (bicyclic) bond motifs is 1. The first kappa shape index (κ1) is 44.7. The molecular weight excluding hydrogens is 773 g/mol. The van der Waals surface area contributed by atoms with Crippen LogP contribution in [0.1, 0.15) is 90.6 Å². The number of ether oxygens (including phenoxy) is 4. The van der Waals surface area contributed by atoms with E-state index in [1.165, 1.54) is 27.2 Å². The lowest BCUT2D eigenvalue weighted by molar-refractivity contribution is -0.160. The van der Waals surface area contributed by atoms with Crippen molar-refractivity contribution in [3.8, 4) is 17.2 Å². The number of methoxy groups -OCH3 is 1. The fourth-order valence-corrected chi connectivity index (χ4v) is 9.04. The zero-order valence-electron chi connectivity index (χ0n) is 36.2. The summed E-state index contributed by atoms with van der Waals surface area (Å²) in [4.78, 5) is 53.5. The lowest BCUT2D eigenvalue weighted by Crippen LogP contribution is -2.46. The Morgan fingerprint density at radius 3 is 2.27 bits per heavy atom. The van der Waals surface area contributed by atoms with Crippen LogP contribution in [0.2, 0.25) is 0 Å². The second-order valence-electron chi connectivity index (χ2n) is 17.1. The van der Waals surface area contributed by atoms with Crippen LogP contribution in [0.25, 0.3) is 10.8 Å². The van der Waals surface area contributed by atoms with E-state index in [1.54, 1.807) is 65.8 Å². The zero-order chi connectivity index (χ0) is 44.0.